The Bertz CT molecular complexity index is 694. The third-order valence-corrected chi connectivity index (χ3v) is 3.78. The van der Waals surface area contributed by atoms with E-state index in [2.05, 4.69) is 52.1 Å². The molecule has 102 valence electrons. The van der Waals surface area contributed by atoms with Crippen LogP contribution in [0.5, 0.6) is 0 Å². The van der Waals surface area contributed by atoms with E-state index in [1.165, 1.54) is 5.56 Å². The first kappa shape index (κ1) is 12.9. The number of nitrogens with one attached hydrogen (secondary N) is 1. The van der Waals surface area contributed by atoms with Crippen molar-refractivity contribution >= 4 is 11.0 Å². The molecule has 0 saturated heterocycles. The normalized spacial score (nSPS) is 12.7. The zero-order valence-electron chi connectivity index (χ0n) is 11.9. The van der Waals surface area contributed by atoms with Gasteiger partial charge in [-0.1, -0.05) is 31.2 Å². The van der Waals surface area contributed by atoms with Gasteiger partial charge in [0, 0.05) is 11.7 Å². The van der Waals surface area contributed by atoms with Crippen LogP contribution in [-0.4, -0.2) is 16.6 Å². The summed E-state index contributed by atoms with van der Waals surface area (Å²) >= 11 is 0. The highest BCUT2D eigenvalue weighted by molar-refractivity contribution is 5.77. The fourth-order valence-corrected chi connectivity index (χ4v) is 2.64. The highest BCUT2D eigenvalue weighted by Gasteiger charge is 2.07. The molecule has 0 aliphatic carbocycles. The monoisotopic (exact) mass is 265 g/mol. The van der Waals surface area contributed by atoms with Crippen molar-refractivity contribution in [2.75, 3.05) is 7.05 Å². The lowest BCUT2D eigenvalue weighted by Crippen LogP contribution is -2.15. The molecule has 0 aliphatic rings. The van der Waals surface area contributed by atoms with Crippen molar-refractivity contribution < 1.29 is 0 Å². The molecule has 1 atom stereocenters. The second-order valence-corrected chi connectivity index (χ2v) is 4.94. The van der Waals surface area contributed by atoms with E-state index in [1.54, 1.807) is 0 Å². The molecule has 1 aromatic heterocycles. The van der Waals surface area contributed by atoms with Gasteiger partial charge in [-0.3, -0.25) is 4.57 Å². The quantitative estimate of drug-likeness (QED) is 0.779. The van der Waals surface area contributed by atoms with Crippen molar-refractivity contribution in [1.29, 1.82) is 0 Å². The van der Waals surface area contributed by atoms with Gasteiger partial charge in [-0.15, -0.1) is 0 Å². The van der Waals surface area contributed by atoms with Gasteiger partial charge in [-0.05, 0) is 43.3 Å². The number of rotatable bonds is 4. The van der Waals surface area contributed by atoms with E-state index in [0.29, 0.717) is 6.04 Å². The first-order valence-electron chi connectivity index (χ1n) is 7.03. The topological polar surface area (TPSA) is 29.9 Å². The molecule has 2 aromatic carbocycles. The Labute approximate surface area is 119 Å². The van der Waals surface area contributed by atoms with E-state index < -0.39 is 0 Å². The summed E-state index contributed by atoms with van der Waals surface area (Å²) in [7, 11) is 2.01. The van der Waals surface area contributed by atoms with Crippen LogP contribution in [0.1, 0.15) is 24.9 Å². The number of fused-ring (bicyclic) bond motifs is 1. The van der Waals surface area contributed by atoms with E-state index >= 15 is 0 Å². The van der Waals surface area contributed by atoms with Gasteiger partial charge in [-0.25, -0.2) is 4.98 Å². The Morgan fingerprint density at radius 1 is 1.10 bits per heavy atom. The molecule has 1 N–H and O–H groups in total. The Kier molecular flexibility index (Phi) is 3.52. The molecule has 3 heteroatoms. The van der Waals surface area contributed by atoms with Crippen molar-refractivity contribution in [2.24, 2.45) is 0 Å². The summed E-state index contributed by atoms with van der Waals surface area (Å²) in [6.45, 7) is 2.19. The Morgan fingerprint density at radius 3 is 2.55 bits per heavy atom. The van der Waals surface area contributed by atoms with E-state index in [-0.39, 0.29) is 0 Å². The molecule has 0 amide bonds. The number of para-hydroxylation sites is 2. The minimum atomic E-state index is 0.420. The lowest BCUT2D eigenvalue weighted by atomic mass is 10.0. The Hall–Kier alpha value is -2.13. The summed E-state index contributed by atoms with van der Waals surface area (Å²) in [6, 6.07) is 17.3. The van der Waals surface area contributed by atoms with Crippen LogP contribution in [0.25, 0.3) is 16.7 Å². The van der Waals surface area contributed by atoms with Gasteiger partial charge in [-0.2, -0.15) is 0 Å². The number of aromatic nitrogens is 2. The van der Waals surface area contributed by atoms with Gasteiger partial charge in [0.1, 0.15) is 6.33 Å². The third-order valence-electron chi connectivity index (χ3n) is 3.78. The maximum Gasteiger partial charge on any atom is 0.100 e. The summed E-state index contributed by atoms with van der Waals surface area (Å²) in [5.41, 5.74) is 4.63. The van der Waals surface area contributed by atoms with E-state index in [1.807, 2.05) is 31.6 Å². The molecule has 3 nitrogen and oxygen atoms in total. The standard InChI is InChI=1S/C17H19N3/c1-3-15(18-2)13-8-10-14(11-9-13)20-12-19-16-6-4-5-7-17(16)20/h4-12,15,18H,3H2,1-2H3. The number of hydrogen-bond donors (Lipinski definition) is 1. The van der Waals surface area contributed by atoms with Gasteiger partial charge in [0.2, 0.25) is 0 Å². The molecule has 0 radical (unpaired) electrons. The molecule has 0 bridgehead atoms. The summed E-state index contributed by atoms with van der Waals surface area (Å²) in [5.74, 6) is 0. The largest absolute Gasteiger partial charge is 0.313 e. The van der Waals surface area contributed by atoms with E-state index in [9.17, 15) is 0 Å². The highest BCUT2D eigenvalue weighted by atomic mass is 15.0. The van der Waals surface area contributed by atoms with Crippen LogP contribution in [0.15, 0.2) is 54.9 Å². The molecular formula is C17H19N3. The van der Waals surface area contributed by atoms with Crippen LogP contribution < -0.4 is 5.32 Å². The molecule has 1 heterocycles. The van der Waals surface area contributed by atoms with Crippen molar-refractivity contribution in [2.45, 2.75) is 19.4 Å². The lowest BCUT2D eigenvalue weighted by molar-refractivity contribution is 0.577. The zero-order chi connectivity index (χ0) is 13.9. The van der Waals surface area contributed by atoms with Gasteiger partial charge in [0.25, 0.3) is 0 Å². The fraction of sp³-hybridized carbons (Fsp3) is 0.235. The highest BCUT2D eigenvalue weighted by Crippen LogP contribution is 2.21. The van der Waals surface area contributed by atoms with Crippen LogP contribution in [0.2, 0.25) is 0 Å². The van der Waals surface area contributed by atoms with Crippen molar-refractivity contribution in [3.05, 3.63) is 60.4 Å². The third kappa shape index (κ3) is 2.21. The molecule has 3 rings (SSSR count). The zero-order valence-corrected chi connectivity index (χ0v) is 11.9. The first-order chi connectivity index (χ1) is 9.83. The van der Waals surface area contributed by atoms with Crippen LogP contribution >= 0.6 is 0 Å². The van der Waals surface area contributed by atoms with Gasteiger partial charge < -0.3 is 5.32 Å². The van der Waals surface area contributed by atoms with Crippen molar-refractivity contribution in [3.63, 3.8) is 0 Å². The Balaban J connectivity index is 1.99. The second-order valence-electron chi connectivity index (χ2n) is 4.94. The summed E-state index contributed by atoms with van der Waals surface area (Å²) in [4.78, 5) is 4.44. The number of benzene rings is 2. The molecule has 1 unspecified atom stereocenters. The Morgan fingerprint density at radius 2 is 1.85 bits per heavy atom. The summed E-state index contributed by atoms with van der Waals surface area (Å²) in [6.07, 6.45) is 2.97. The number of imidazole rings is 1. The summed E-state index contributed by atoms with van der Waals surface area (Å²) in [5, 5.41) is 3.33. The molecule has 3 aromatic rings. The maximum atomic E-state index is 4.44. The van der Waals surface area contributed by atoms with E-state index in [0.717, 1.165) is 23.1 Å². The predicted molar refractivity (Wildman–Crippen MR) is 83.2 cm³/mol. The van der Waals surface area contributed by atoms with Crippen molar-refractivity contribution in [1.82, 2.24) is 14.9 Å². The number of nitrogens with zero attached hydrogens (tertiary/aromatic N) is 2. The molecular weight excluding hydrogens is 246 g/mol. The average molecular weight is 265 g/mol. The smallest absolute Gasteiger partial charge is 0.100 e. The minimum absolute atomic E-state index is 0.420. The molecule has 0 spiro atoms. The summed E-state index contributed by atoms with van der Waals surface area (Å²) < 4.78 is 2.12. The molecule has 20 heavy (non-hydrogen) atoms. The minimum Gasteiger partial charge on any atom is -0.313 e. The average Bonchev–Trinajstić information content (AvgIpc) is 2.93. The second kappa shape index (κ2) is 5.47. The first-order valence-corrected chi connectivity index (χ1v) is 7.03. The maximum absolute atomic E-state index is 4.44. The van der Waals surface area contributed by atoms with Gasteiger partial charge >= 0.3 is 0 Å². The lowest BCUT2D eigenvalue weighted by Gasteiger charge is -2.15. The number of hydrogen-bond acceptors (Lipinski definition) is 2. The van der Waals surface area contributed by atoms with Gasteiger partial charge in [0.15, 0.2) is 0 Å². The van der Waals surface area contributed by atoms with Crippen LogP contribution in [0.3, 0.4) is 0 Å². The fourth-order valence-electron chi connectivity index (χ4n) is 2.64. The SMILES string of the molecule is CCC(NC)c1ccc(-n2cnc3ccccc32)cc1. The molecule has 0 aliphatic heterocycles. The van der Waals surface area contributed by atoms with Crippen LogP contribution in [0, 0.1) is 0 Å². The predicted octanol–water partition coefficient (Wildman–Crippen LogP) is 3.70. The van der Waals surface area contributed by atoms with Crippen molar-refractivity contribution in [3.8, 4) is 5.69 Å². The molecule has 0 fully saturated rings. The van der Waals surface area contributed by atoms with Crippen LogP contribution in [-0.2, 0) is 0 Å². The van der Waals surface area contributed by atoms with Gasteiger partial charge in [0.05, 0.1) is 11.0 Å². The van der Waals surface area contributed by atoms with Crippen LogP contribution in [0.4, 0.5) is 0 Å². The molecule has 0 saturated carbocycles. The van der Waals surface area contributed by atoms with E-state index in [4.69, 9.17) is 0 Å².